The molecule has 20 heteroatoms. The number of Topliss-reactive ketones (excluding diaryl/α,β-unsaturated/α-hetero) is 1. The third kappa shape index (κ3) is 18.6. The molecule has 1 unspecified atom stereocenters. The zero-order valence-corrected chi connectivity index (χ0v) is 34.6. The van der Waals surface area contributed by atoms with Gasteiger partial charge in [-0.2, -0.15) is 4.40 Å². The number of rotatable bonds is 7. The van der Waals surface area contributed by atoms with Crippen molar-refractivity contribution >= 4 is 63.5 Å². The number of sulfonamides is 3. The Hall–Kier alpha value is -3.05. The molecule has 0 radical (unpaired) electrons. The average Bonchev–Trinajstić information content (AvgIpc) is 3.00. The molecule has 0 heterocycles. The van der Waals surface area contributed by atoms with E-state index in [1.807, 2.05) is 48.5 Å². The fraction of sp³-hybridized carbons (Fsp3) is 0.375. The van der Waals surface area contributed by atoms with Gasteiger partial charge in [-0.3, -0.25) is 9.93 Å². The SMILES string of the molecule is CC(=NS(=O)C(C)(C)C)c1ccc(S(N)(=O)=O)cc1.CC(=O)c1ccc(S(N)(=O)=O)cc1.CC(C)(C)[S@](N)=O.C[C@@H](N)c1ccc(S(N)(=O)=O)cc1. The van der Waals surface area contributed by atoms with Gasteiger partial charge in [0.05, 0.1) is 40.9 Å². The van der Waals surface area contributed by atoms with E-state index >= 15 is 0 Å². The number of carbonyl (C=O) groups is 1. The van der Waals surface area contributed by atoms with Crippen molar-refractivity contribution in [2.45, 2.75) is 92.5 Å². The number of nitrogens with two attached hydrogens (primary N) is 5. The molecule has 3 aromatic rings. The molecule has 10 N–H and O–H groups in total. The molecule has 0 spiro atoms. The first kappa shape index (κ1) is 49.0. The summed E-state index contributed by atoms with van der Waals surface area (Å²) in [4.78, 5) is 11.0. The van der Waals surface area contributed by atoms with E-state index in [2.05, 4.69) is 4.40 Å². The summed E-state index contributed by atoms with van der Waals surface area (Å²) in [7, 11) is -13.5. The van der Waals surface area contributed by atoms with Crippen LogP contribution in [0.1, 0.15) is 89.8 Å². The maximum absolute atomic E-state index is 11.9. The van der Waals surface area contributed by atoms with E-state index in [9.17, 15) is 38.5 Å². The van der Waals surface area contributed by atoms with Gasteiger partial charge in [-0.05, 0) is 110 Å². The second-order valence-corrected chi connectivity index (χ2v) is 21.5. The number of carbonyl (C=O) groups excluding carboxylic acids is 1. The van der Waals surface area contributed by atoms with Crippen LogP contribution >= 0.6 is 0 Å². The first-order valence-corrected chi connectivity index (χ1v) is 22.0. The number of benzene rings is 3. The van der Waals surface area contributed by atoms with E-state index in [0.29, 0.717) is 16.8 Å². The third-order valence-electron chi connectivity index (χ3n) is 6.27. The van der Waals surface area contributed by atoms with Crippen LogP contribution in [-0.2, 0) is 52.0 Å². The lowest BCUT2D eigenvalue weighted by Gasteiger charge is -2.14. The van der Waals surface area contributed by atoms with Gasteiger partial charge >= 0.3 is 0 Å². The summed E-state index contributed by atoms with van der Waals surface area (Å²) >= 11 is 0. The van der Waals surface area contributed by atoms with Crippen molar-refractivity contribution in [3.05, 3.63) is 89.5 Å². The van der Waals surface area contributed by atoms with Crippen LogP contribution in [0.25, 0.3) is 0 Å². The highest BCUT2D eigenvalue weighted by Gasteiger charge is 2.19. The first-order valence-electron chi connectivity index (χ1n) is 15.1. The molecule has 292 valence electrons. The largest absolute Gasteiger partial charge is 0.324 e. The van der Waals surface area contributed by atoms with Crippen molar-refractivity contribution in [2.24, 2.45) is 30.7 Å². The van der Waals surface area contributed by atoms with Crippen LogP contribution in [0.4, 0.5) is 0 Å². The minimum Gasteiger partial charge on any atom is -0.324 e. The lowest BCUT2D eigenvalue weighted by atomic mass is 10.1. The summed E-state index contributed by atoms with van der Waals surface area (Å²) in [5.74, 6) is -0.110. The molecule has 0 aliphatic heterocycles. The van der Waals surface area contributed by atoms with Crippen molar-refractivity contribution in [3.8, 4) is 0 Å². The van der Waals surface area contributed by atoms with Crippen molar-refractivity contribution in [3.63, 3.8) is 0 Å². The highest BCUT2D eigenvalue weighted by Crippen LogP contribution is 2.16. The quantitative estimate of drug-likeness (QED) is 0.171. The van der Waals surface area contributed by atoms with Crippen LogP contribution in [0, 0.1) is 0 Å². The van der Waals surface area contributed by atoms with Crippen molar-refractivity contribution < 1.29 is 38.5 Å². The lowest BCUT2D eigenvalue weighted by molar-refractivity contribution is 0.101. The fourth-order valence-corrected chi connectivity index (χ4v) is 5.21. The Morgan fingerprint density at radius 1 is 0.615 bits per heavy atom. The van der Waals surface area contributed by atoms with Gasteiger partial charge in [0.25, 0.3) is 0 Å². The molecule has 3 atom stereocenters. The Morgan fingerprint density at radius 2 is 0.904 bits per heavy atom. The van der Waals surface area contributed by atoms with Crippen molar-refractivity contribution in [1.82, 2.24) is 0 Å². The van der Waals surface area contributed by atoms with E-state index in [4.69, 9.17) is 26.3 Å². The molecule has 0 saturated heterocycles. The van der Waals surface area contributed by atoms with Gasteiger partial charge in [0, 0.05) is 11.6 Å². The highest BCUT2D eigenvalue weighted by atomic mass is 32.2. The highest BCUT2D eigenvalue weighted by molar-refractivity contribution is 7.89. The Balaban J connectivity index is 0.000000702. The number of nitrogens with zero attached hydrogens (tertiary/aromatic N) is 1. The van der Waals surface area contributed by atoms with Gasteiger partial charge in [-0.25, -0.2) is 49.1 Å². The minimum absolute atomic E-state index is 0.0116. The summed E-state index contributed by atoms with van der Waals surface area (Å²) < 4.78 is 91.3. The predicted octanol–water partition coefficient (Wildman–Crippen LogP) is 2.90. The molecule has 0 bridgehead atoms. The predicted molar refractivity (Wildman–Crippen MR) is 208 cm³/mol. The molecular weight excluding hydrogens is 773 g/mol. The molecule has 0 aromatic heterocycles. The third-order valence-corrected chi connectivity index (χ3v) is 11.8. The molecule has 3 aromatic carbocycles. The van der Waals surface area contributed by atoms with Crippen LogP contribution in [0.2, 0.25) is 0 Å². The number of hydrogen-bond acceptors (Lipinski definition) is 10. The average molecular weight is 823 g/mol. The van der Waals surface area contributed by atoms with Gasteiger partial charge in [0.1, 0.15) is 11.0 Å². The van der Waals surface area contributed by atoms with Gasteiger partial charge in [-0.15, -0.1) is 0 Å². The maximum atomic E-state index is 11.9. The summed E-state index contributed by atoms with van der Waals surface area (Å²) in [5, 5.41) is 19.8. The molecule has 0 fully saturated rings. The van der Waals surface area contributed by atoms with Crippen molar-refractivity contribution in [2.75, 3.05) is 0 Å². The van der Waals surface area contributed by atoms with Crippen LogP contribution in [-0.4, -0.2) is 54.7 Å². The normalized spacial score (nSPS) is 14.2. The molecule has 52 heavy (non-hydrogen) atoms. The maximum Gasteiger partial charge on any atom is 0.238 e. The van der Waals surface area contributed by atoms with E-state index in [0.717, 1.165) is 5.56 Å². The van der Waals surface area contributed by atoms with E-state index in [1.165, 1.54) is 55.5 Å². The molecule has 0 saturated carbocycles. The first-order chi connectivity index (χ1) is 23.3. The van der Waals surface area contributed by atoms with Crippen LogP contribution in [0.3, 0.4) is 0 Å². The fourth-order valence-electron chi connectivity index (χ4n) is 3.04. The second kappa shape index (κ2) is 19.9. The summed E-state index contributed by atoms with van der Waals surface area (Å²) in [6, 6.07) is 17.6. The number of primary sulfonamides is 3. The summed E-state index contributed by atoms with van der Waals surface area (Å²) in [6.45, 7) is 16.0. The van der Waals surface area contributed by atoms with Gasteiger partial charge in [0.15, 0.2) is 5.78 Å². The Kier molecular flexibility index (Phi) is 18.7. The molecule has 15 nitrogen and oxygen atoms in total. The van der Waals surface area contributed by atoms with Gasteiger partial charge < -0.3 is 5.73 Å². The van der Waals surface area contributed by atoms with E-state index in [1.54, 1.807) is 31.2 Å². The second-order valence-electron chi connectivity index (χ2n) is 13.0. The summed E-state index contributed by atoms with van der Waals surface area (Å²) in [6.07, 6.45) is 0. The Labute approximate surface area is 313 Å². The molecule has 0 aliphatic carbocycles. The molecule has 3 rings (SSSR count). The van der Waals surface area contributed by atoms with Crippen LogP contribution in [0.5, 0.6) is 0 Å². The van der Waals surface area contributed by atoms with Gasteiger partial charge in [0.2, 0.25) is 30.1 Å². The van der Waals surface area contributed by atoms with E-state index < -0.39 is 56.8 Å². The van der Waals surface area contributed by atoms with E-state index in [-0.39, 0.29) is 31.3 Å². The van der Waals surface area contributed by atoms with Crippen LogP contribution < -0.4 is 26.3 Å². The zero-order valence-electron chi connectivity index (χ0n) is 30.6. The smallest absolute Gasteiger partial charge is 0.238 e. The Morgan fingerprint density at radius 3 is 1.13 bits per heavy atom. The Bertz CT molecular complexity index is 2050. The van der Waals surface area contributed by atoms with Crippen molar-refractivity contribution in [1.29, 1.82) is 0 Å². The topological polar surface area (TPSA) is 296 Å². The minimum atomic E-state index is -3.69. The molecular formula is C32H50N6O9S5. The monoisotopic (exact) mass is 822 g/mol. The van der Waals surface area contributed by atoms with Gasteiger partial charge in [-0.1, -0.05) is 36.4 Å². The standard InChI is InChI=1S/C12H18N2O3S2.C8H12N2O2S.C8H9NO3S.C4H11NOS/c1-9(14-18(15)12(2,3)4)10-5-7-11(8-6-10)19(13,16)17;1-6(9)7-2-4-8(5-3-7)13(10,11)12;1-6(10)7-2-4-8(5-3-7)13(9,11)12;1-4(2,3)7(5)6/h5-8H,1-4H3,(H2,13,16,17);2-6H,9H2,1H3,(H2,10,11,12);2-5H,1H3,(H2,9,11,12);5H2,1-3H3/t;6-;;7-/m.1.1/s1. The lowest BCUT2D eigenvalue weighted by Crippen LogP contribution is -2.27. The zero-order chi connectivity index (χ0) is 41.0. The summed E-state index contributed by atoms with van der Waals surface area (Å²) in [5.41, 5.74) is 8.24. The number of hydrogen-bond donors (Lipinski definition) is 5. The molecule has 0 amide bonds. The number of ketones is 1. The van der Waals surface area contributed by atoms with Crippen LogP contribution in [0.15, 0.2) is 91.9 Å². The molecule has 0 aliphatic rings.